The SMILES string of the molecule is Fc1cnc(-c2c[nH]c3ncc(Cl)cc23)nc1NC1CCCN(CC(F)(F)F)C1. The summed E-state index contributed by atoms with van der Waals surface area (Å²) >= 11 is 6.01. The van der Waals surface area contributed by atoms with Gasteiger partial charge in [-0.1, -0.05) is 11.6 Å². The van der Waals surface area contributed by atoms with Gasteiger partial charge in [-0.05, 0) is 25.5 Å². The fourth-order valence-electron chi connectivity index (χ4n) is 3.52. The molecule has 6 nitrogen and oxygen atoms in total. The van der Waals surface area contributed by atoms with Crippen LogP contribution in [0.2, 0.25) is 5.02 Å². The zero-order valence-corrected chi connectivity index (χ0v) is 15.9. The first kappa shape index (κ1) is 19.8. The number of pyridine rings is 1. The lowest BCUT2D eigenvalue weighted by Crippen LogP contribution is -2.46. The smallest absolute Gasteiger partial charge is 0.363 e. The van der Waals surface area contributed by atoms with E-state index in [-0.39, 0.29) is 24.2 Å². The number of alkyl halides is 3. The monoisotopic (exact) mass is 428 g/mol. The van der Waals surface area contributed by atoms with Crippen LogP contribution >= 0.6 is 11.6 Å². The first-order valence-electron chi connectivity index (χ1n) is 9.00. The molecule has 29 heavy (non-hydrogen) atoms. The molecule has 0 amide bonds. The number of hydrogen-bond donors (Lipinski definition) is 2. The minimum Gasteiger partial charge on any atom is -0.363 e. The average Bonchev–Trinajstić information content (AvgIpc) is 3.05. The van der Waals surface area contributed by atoms with Crippen molar-refractivity contribution in [3.05, 3.63) is 35.5 Å². The van der Waals surface area contributed by atoms with E-state index in [1.165, 1.54) is 11.1 Å². The molecular formula is C18H17ClF4N6. The number of nitrogens with one attached hydrogen (secondary N) is 2. The standard InChI is InChI=1S/C18H17ClF4N6/c19-10-4-12-13(6-25-15(12)24-5-10)16-26-7-14(20)17(28-16)27-11-2-1-3-29(8-11)9-18(21,22)23/h4-7,11H,1-3,8-9H2,(H,24,25)(H,26,27,28). The minimum atomic E-state index is -4.26. The third-order valence-corrected chi connectivity index (χ3v) is 4.94. The Balaban J connectivity index is 1.56. The summed E-state index contributed by atoms with van der Waals surface area (Å²) in [6.45, 7) is -0.463. The Morgan fingerprint density at radius 1 is 1.28 bits per heavy atom. The van der Waals surface area contributed by atoms with Crippen molar-refractivity contribution in [2.75, 3.05) is 25.0 Å². The van der Waals surface area contributed by atoms with E-state index in [0.29, 0.717) is 41.0 Å². The van der Waals surface area contributed by atoms with Crippen molar-refractivity contribution in [2.24, 2.45) is 0 Å². The molecule has 3 aromatic rings. The lowest BCUT2D eigenvalue weighted by molar-refractivity contribution is -0.147. The highest BCUT2D eigenvalue weighted by Gasteiger charge is 2.33. The zero-order valence-electron chi connectivity index (χ0n) is 15.1. The molecule has 0 aliphatic carbocycles. The van der Waals surface area contributed by atoms with Gasteiger partial charge >= 0.3 is 6.18 Å². The number of rotatable bonds is 4. The van der Waals surface area contributed by atoms with E-state index in [1.807, 2.05) is 0 Å². The molecule has 1 aliphatic heterocycles. The fraction of sp³-hybridized carbons (Fsp3) is 0.389. The number of H-pyrrole nitrogens is 1. The minimum absolute atomic E-state index is 0.0433. The number of aromatic nitrogens is 4. The normalized spacial score (nSPS) is 18.3. The van der Waals surface area contributed by atoms with E-state index < -0.39 is 18.5 Å². The van der Waals surface area contributed by atoms with Crippen LogP contribution in [0.25, 0.3) is 22.4 Å². The molecule has 0 saturated carbocycles. The lowest BCUT2D eigenvalue weighted by Gasteiger charge is -2.33. The maximum Gasteiger partial charge on any atom is 0.401 e. The molecule has 154 valence electrons. The molecule has 1 fully saturated rings. The van der Waals surface area contributed by atoms with E-state index in [9.17, 15) is 17.6 Å². The maximum atomic E-state index is 14.3. The van der Waals surface area contributed by atoms with Gasteiger partial charge in [0.25, 0.3) is 0 Å². The van der Waals surface area contributed by atoms with E-state index in [0.717, 1.165) is 6.20 Å². The van der Waals surface area contributed by atoms with Crippen molar-refractivity contribution in [2.45, 2.75) is 25.1 Å². The second kappa shape index (κ2) is 7.75. The van der Waals surface area contributed by atoms with Crippen LogP contribution in [0.15, 0.2) is 24.7 Å². The highest BCUT2D eigenvalue weighted by Crippen LogP contribution is 2.29. The molecule has 1 saturated heterocycles. The van der Waals surface area contributed by atoms with Gasteiger partial charge in [0.1, 0.15) is 5.65 Å². The highest BCUT2D eigenvalue weighted by molar-refractivity contribution is 6.31. The Hall–Kier alpha value is -2.46. The molecule has 11 heteroatoms. The second-order valence-electron chi connectivity index (χ2n) is 6.98. The Labute approximate surface area is 168 Å². The summed E-state index contributed by atoms with van der Waals surface area (Å²) in [6, 6.07) is 1.36. The van der Waals surface area contributed by atoms with Crippen molar-refractivity contribution in [1.82, 2.24) is 24.8 Å². The molecule has 4 rings (SSSR count). The first-order chi connectivity index (χ1) is 13.8. The summed E-state index contributed by atoms with van der Waals surface area (Å²) in [6.07, 6.45) is 1.13. The Bertz CT molecular complexity index is 1020. The molecule has 1 atom stereocenters. The van der Waals surface area contributed by atoms with Crippen LogP contribution in [0.4, 0.5) is 23.4 Å². The van der Waals surface area contributed by atoms with Crippen LogP contribution < -0.4 is 5.32 Å². The molecule has 3 aromatic heterocycles. The van der Waals surface area contributed by atoms with E-state index in [2.05, 4.69) is 25.3 Å². The van der Waals surface area contributed by atoms with Gasteiger partial charge in [-0.2, -0.15) is 13.2 Å². The molecule has 2 N–H and O–H groups in total. The topological polar surface area (TPSA) is 69.7 Å². The van der Waals surface area contributed by atoms with Gasteiger partial charge in [-0.25, -0.2) is 19.3 Å². The number of hydrogen-bond acceptors (Lipinski definition) is 5. The summed E-state index contributed by atoms with van der Waals surface area (Å²) in [4.78, 5) is 16.8. The third-order valence-electron chi connectivity index (χ3n) is 4.73. The lowest BCUT2D eigenvalue weighted by atomic mass is 10.1. The molecule has 0 radical (unpaired) electrons. The summed E-state index contributed by atoms with van der Waals surface area (Å²) in [5, 5.41) is 4.06. The molecule has 0 spiro atoms. The van der Waals surface area contributed by atoms with E-state index >= 15 is 0 Å². The fourth-order valence-corrected chi connectivity index (χ4v) is 3.68. The first-order valence-corrected chi connectivity index (χ1v) is 9.37. The van der Waals surface area contributed by atoms with Crippen molar-refractivity contribution >= 4 is 28.5 Å². The number of piperidine rings is 1. The van der Waals surface area contributed by atoms with Gasteiger partial charge in [-0.3, -0.25) is 4.90 Å². The number of fused-ring (bicyclic) bond motifs is 1. The largest absolute Gasteiger partial charge is 0.401 e. The third kappa shape index (κ3) is 4.59. The van der Waals surface area contributed by atoms with Crippen LogP contribution in [0.1, 0.15) is 12.8 Å². The van der Waals surface area contributed by atoms with Crippen LogP contribution in [-0.2, 0) is 0 Å². The molecule has 1 aliphatic rings. The van der Waals surface area contributed by atoms with Crippen LogP contribution in [0.3, 0.4) is 0 Å². The van der Waals surface area contributed by atoms with Gasteiger partial charge in [-0.15, -0.1) is 0 Å². The van der Waals surface area contributed by atoms with Crippen molar-refractivity contribution < 1.29 is 17.6 Å². The Kier molecular flexibility index (Phi) is 5.30. The Morgan fingerprint density at radius 3 is 2.90 bits per heavy atom. The van der Waals surface area contributed by atoms with Crippen molar-refractivity contribution in [3.8, 4) is 11.4 Å². The summed E-state index contributed by atoms with van der Waals surface area (Å²) in [5.74, 6) is -0.455. The number of anilines is 1. The molecule has 4 heterocycles. The zero-order chi connectivity index (χ0) is 20.6. The molecule has 0 bridgehead atoms. The van der Waals surface area contributed by atoms with Crippen LogP contribution in [0, 0.1) is 5.82 Å². The number of nitrogens with zero attached hydrogens (tertiary/aromatic N) is 4. The summed E-state index contributed by atoms with van der Waals surface area (Å²) < 4.78 is 52.3. The number of aromatic amines is 1. The summed E-state index contributed by atoms with van der Waals surface area (Å²) in [5.41, 5.74) is 1.18. The predicted octanol–water partition coefficient (Wildman–Crippen LogP) is 4.25. The molecule has 0 aromatic carbocycles. The predicted molar refractivity (Wildman–Crippen MR) is 101 cm³/mol. The van der Waals surface area contributed by atoms with Gasteiger partial charge in [0, 0.05) is 35.9 Å². The second-order valence-corrected chi connectivity index (χ2v) is 7.41. The quantitative estimate of drug-likeness (QED) is 0.608. The van der Waals surface area contributed by atoms with E-state index in [1.54, 1.807) is 12.3 Å². The average molecular weight is 429 g/mol. The van der Waals surface area contributed by atoms with Crippen LogP contribution in [0.5, 0.6) is 0 Å². The maximum absolute atomic E-state index is 14.3. The van der Waals surface area contributed by atoms with Gasteiger partial charge in [0.05, 0.1) is 17.8 Å². The van der Waals surface area contributed by atoms with Gasteiger partial charge in [0.2, 0.25) is 0 Å². The van der Waals surface area contributed by atoms with E-state index in [4.69, 9.17) is 11.6 Å². The van der Waals surface area contributed by atoms with Crippen LogP contribution in [-0.4, -0.2) is 56.7 Å². The number of likely N-dealkylation sites (tertiary alicyclic amines) is 1. The molecule has 1 unspecified atom stereocenters. The highest BCUT2D eigenvalue weighted by atomic mass is 35.5. The van der Waals surface area contributed by atoms with Gasteiger partial charge < -0.3 is 10.3 Å². The van der Waals surface area contributed by atoms with Gasteiger partial charge in [0.15, 0.2) is 17.5 Å². The van der Waals surface area contributed by atoms with Crippen molar-refractivity contribution in [1.29, 1.82) is 0 Å². The Morgan fingerprint density at radius 2 is 2.10 bits per heavy atom. The summed E-state index contributed by atoms with van der Waals surface area (Å²) in [7, 11) is 0. The number of halogens is 5. The molecular weight excluding hydrogens is 412 g/mol. The van der Waals surface area contributed by atoms with Crippen molar-refractivity contribution in [3.63, 3.8) is 0 Å².